The number of anilines is 1. The third kappa shape index (κ3) is 7.23. The van der Waals surface area contributed by atoms with Crippen LogP contribution in [-0.4, -0.2) is 80.4 Å². The molecule has 0 aromatic carbocycles. The van der Waals surface area contributed by atoms with Crippen LogP contribution >= 0.6 is 23.5 Å². The molecule has 32 heavy (non-hydrogen) atoms. The van der Waals surface area contributed by atoms with E-state index in [1.54, 1.807) is 19.0 Å². The van der Waals surface area contributed by atoms with Gasteiger partial charge in [0.05, 0.1) is 6.61 Å². The molecule has 1 aliphatic rings. The predicted octanol–water partition coefficient (Wildman–Crippen LogP) is -1.07. The van der Waals surface area contributed by atoms with Crippen molar-refractivity contribution >= 4 is 29.3 Å². The van der Waals surface area contributed by atoms with Gasteiger partial charge in [0.1, 0.15) is 24.1 Å². The van der Waals surface area contributed by atoms with Gasteiger partial charge in [-0.15, -0.1) is 0 Å². The first-order chi connectivity index (χ1) is 14.6. The zero-order chi connectivity index (χ0) is 24.5. The van der Waals surface area contributed by atoms with Crippen LogP contribution in [0.2, 0.25) is 0 Å². The number of nitrogens with zero attached hydrogens (tertiary/aromatic N) is 3. The minimum atomic E-state index is -5.70. The molecule has 0 aliphatic carbocycles. The largest absolute Gasteiger partial charge is 0.490 e. The second kappa shape index (κ2) is 10.1. The van der Waals surface area contributed by atoms with Gasteiger partial charge in [0, 0.05) is 27.4 Å². The van der Waals surface area contributed by atoms with Crippen molar-refractivity contribution in [3.05, 3.63) is 22.7 Å². The summed E-state index contributed by atoms with van der Waals surface area (Å²) in [5.41, 5.74) is -0.746. The fourth-order valence-corrected chi connectivity index (χ4v) is 5.68. The fourth-order valence-electron chi connectivity index (χ4n) is 2.65. The van der Waals surface area contributed by atoms with Crippen LogP contribution in [0.5, 0.6) is 0 Å². The average molecular weight is 525 g/mol. The summed E-state index contributed by atoms with van der Waals surface area (Å²) in [4.78, 5) is 53.5. The highest BCUT2D eigenvalue weighted by Crippen LogP contribution is 2.66. The smallest absolute Gasteiger partial charge is 0.387 e. The summed E-state index contributed by atoms with van der Waals surface area (Å²) >= 11 is 0. The summed E-state index contributed by atoms with van der Waals surface area (Å²) in [7, 11) is -12.1. The molecule has 0 amide bonds. The van der Waals surface area contributed by atoms with Crippen molar-refractivity contribution in [2.75, 3.05) is 32.7 Å². The quantitative estimate of drug-likeness (QED) is 0.229. The first kappa shape index (κ1) is 27.2. The summed E-state index contributed by atoms with van der Waals surface area (Å²) in [5.74, 6) is 0.350. The molecule has 0 radical (unpaired) electrons. The van der Waals surface area contributed by atoms with Crippen molar-refractivity contribution < 1.29 is 61.0 Å². The van der Waals surface area contributed by atoms with E-state index >= 15 is 0 Å². The molecule has 1 fully saturated rings. The van der Waals surface area contributed by atoms with Crippen LogP contribution in [0.25, 0.3) is 0 Å². The van der Waals surface area contributed by atoms with E-state index < -0.39 is 60.3 Å². The number of phosphoric ester groups is 1. The van der Waals surface area contributed by atoms with Gasteiger partial charge in [0.25, 0.3) is 0 Å². The van der Waals surface area contributed by atoms with Crippen molar-refractivity contribution in [3.8, 4) is 0 Å². The second-order valence-electron chi connectivity index (χ2n) is 6.51. The lowest BCUT2D eigenvalue weighted by Crippen LogP contribution is -2.37. The van der Waals surface area contributed by atoms with E-state index in [4.69, 9.17) is 24.2 Å². The van der Waals surface area contributed by atoms with Gasteiger partial charge in [-0.2, -0.15) is 13.6 Å². The Hall–Kier alpha value is -1.03. The van der Waals surface area contributed by atoms with E-state index in [9.17, 15) is 28.5 Å². The molecular formula is C12H22N3O14P3. The second-order valence-corrected chi connectivity index (χ2v) is 10.9. The van der Waals surface area contributed by atoms with Crippen molar-refractivity contribution in [1.82, 2.24) is 9.55 Å². The minimum absolute atomic E-state index is 0.350. The topological polar surface area (TPSA) is 237 Å². The van der Waals surface area contributed by atoms with Crippen LogP contribution in [0.3, 0.4) is 0 Å². The highest BCUT2D eigenvalue weighted by molar-refractivity contribution is 7.66. The number of aliphatic hydroxyl groups is 1. The van der Waals surface area contributed by atoms with Gasteiger partial charge in [0.15, 0.2) is 6.23 Å². The molecular weight excluding hydrogens is 503 g/mol. The Morgan fingerprint density at radius 2 is 1.78 bits per heavy atom. The lowest BCUT2D eigenvalue weighted by molar-refractivity contribution is -0.0619. The van der Waals surface area contributed by atoms with E-state index in [1.807, 2.05) is 0 Å². The molecule has 5 N–H and O–H groups in total. The van der Waals surface area contributed by atoms with Crippen molar-refractivity contribution in [3.63, 3.8) is 0 Å². The summed E-state index contributed by atoms with van der Waals surface area (Å²) in [6, 6.07) is 1.49. The predicted molar refractivity (Wildman–Crippen MR) is 103 cm³/mol. The maximum absolute atomic E-state index is 12.3. The van der Waals surface area contributed by atoms with E-state index in [-0.39, 0.29) is 0 Å². The maximum Gasteiger partial charge on any atom is 0.490 e. The first-order valence-electron chi connectivity index (χ1n) is 8.46. The number of ether oxygens (including phenoxy) is 2. The molecule has 1 saturated heterocycles. The van der Waals surface area contributed by atoms with E-state index in [0.29, 0.717) is 5.82 Å². The third-order valence-corrected chi connectivity index (χ3v) is 7.75. The van der Waals surface area contributed by atoms with E-state index in [0.717, 1.165) is 4.57 Å². The Labute approximate surface area is 180 Å². The number of rotatable bonds is 10. The molecule has 0 spiro atoms. The molecule has 2 rings (SSSR count). The third-order valence-electron chi connectivity index (χ3n) is 3.95. The van der Waals surface area contributed by atoms with Gasteiger partial charge in [-0.3, -0.25) is 9.09 Å². The molecule has 0 bridgehead atoms. The highest BCUT2D eigenvalue weighted by Gasteiger charge is 2.47. The molecule has 1 aromatic rings. The summed E-state index contributed by atoms with van der Waals surface area (Å²) in [5, 5.41) is 10.4. The average Bonchev–Trinajstić information content (AvgIpc) is 2.92. The standard InChI is InChI=1S/C12H22N3O14P3/c1-14(2)8-4-5-15(12(17)13-8)11-10(25-3)9(16)7(27-11)6-26-31(21,22)29-32(23,24)28-30(18,19)20/h4-5,7,9-11,16H,6H2,1-3H3,(H,21,22)(H,23,24)(H2,18,19,20). The lowest BCUT2D eigenvalue weighted by atomic mass is 10.1. The normalized spacial score (nSPS) is 27.6. The molecule has 2 heterocycles. The van der Waals surface area contributed by atoms with Crippen LogP contribution in [0.1, 0.15) is 6.23 Å². The minimum Gasteiger partial charge on any atom is -0.387 e. The number of methoxy groups -OCH3 is 1. The van der Waals surface area contributed by atoms with Gasteiger partial charge in [0.2, 0.25) is 0 Å². The van der Waals surface area contributed by atoms with Crippen molar-refractivity contribution in [2.45, 2.75) is 24.5 Å². The Morgan fingerprint density at radius 1 is 1.16 bits per heavy atom. The number of phosphoric acid groups is 3. The summed E-state index contributed by atoms with van der Waals surface area (Å²) in [6.45, 7) is -0.917. The van der Waals surface area contributed by atoms with Crippen LogP contribution < -0.4 is 10.6 Å². The zero-order valence-corrected chi connectivity index (χ0v) is 19.4. The van der Waals surface area contributed by atoms with Crippen molar-refractivity contribution in [2.24, 2.45) is 0 Å². The maximum atomic E-state index is 12.3. The van der Waals surface area contributed by atoms with E-state index in [1.165, 1.54) is 19.4 Å². The zero-order valence-electron chi connectivity index (χ0n) is 16.8. The number of aliphatic hydroxyl groups excluding tert-OH is 1. The summed E-state index contributed by atoms with van der Waals surface area (Å²) < 4.78 is 57.1. The fraction of sp³-hybridized carbons (Fsp3) is 0.667. The van der Waals surface area contributed by atoms with Crippen LogP contribution in [0.4, 0.5) is 5.82 Å². The number of hydrogen-bond donors (Lipinski definition) is 5. The van der Waals surface area contributed by atoms with Crippen LogP contribution in [0.15, 0.2) is 17.1 Å². The Morgan fingerprint density at radius 3 is 2.28 bits per heavy atom. The molecule has 184 valence electrons. The van der Waals surface area contributed by atoms with Gasteiger partial charge in [-0.05, 0) is 6.07 Å². The molecule has 6 atom stereocenters. The molecule has 6 unspecified atom stereocenters. The number of hydrogen-bond acceptors (Lipinski definition) is 12. The van der Waals surface area contributed by atoms with Crippen LogP contribution in [-0.2, 0) is 36.3 Å². The summed E-state index contributed by atoms with van der Waals surface area (Å²) in [6.07, 6.45) is -3.93. The lowest BCUT2D eigenvalue weighted by Gasteiger charge is -2.21. The van der Waals surface area contributed by atoms with E-state index in [2.05, 4.69) is 18.1 Å². The Balaban J connectivity index is 2.12. The van der Waals surface area contributed by atoms with Crippen molar-refractivity contribution in [1.29, 1.82) is 0 Å². The first-order valence-corrected chi connectivity index (χ1v) is 13.0. The molecule has 0 saturated carbocycles. The SMILES string of the molecule is COC1C(O)C(COP(=O)(O)OP(=O)(O)OP(=O)(O)O)OC1n1ccc(N(C)C)nc1=O. The number of aromatic nitrogens is 2. The Bertz CT molecular complexity index is 1010. The van der Waals surface area contributed by atoms with Gasteiger partial charge in [-0.25, -0.2) is 18.5 Å². The Kier molecular flexibility index (Phi) is 8.57. The van der Waals surface area contributed by atoms with Crippen LogP contribution in [0, 0.1) is 0 Å². The monoisotopic (exact) mass is 525 g/mol. The van der Waals surface area contributed by atoms with Gasteiger partial charge < -0.3 is 39.1 Å². The molecule has 20 heteroatoms. The molecule has 1 aromatic heterocycles. The highest BCUT2D eigenvalue weighted by atomic mass is 31.3. The molecule has 17 nitrogen and oxygen atoms in total. The van der Waals surface area contributed by atoms with Gasteiger partial charge >= 0.3 is 29.2 Å². The van der Waals surface area contributed by atoms with Gasteiger partial charge in [-0.1, -0.05) is 0 Å². The molecule has 1 aliphatic heterocycles.